The number of hydrogen-bond donors (Lipinski definition) is 2. The molecule has 2 N–H and O–H groups in total. The van der Waals surface area contributed by atoms with Crippen LogP contribution in [0.1, 0.15) is 12.0 Å². The minimum atomic E-state index is 0.650. The number of aliphatic imine (C=N–C) groups is 1. The van der Waals surface area contributed by atoms with E-state index in [0.29, 0.717) is 11.6 Å². The molecule has 7 nitrogen and oxygen atoms in total. The smallest absolute Gasteiger partial charge is 0.191 e. The number of nitrogens with zero attached hydrogens (tertiary/aromatic N) is 4. The van der Waals surface area contributed by atoms with Crippen molar-refractivity contribution in [2.45, 2.75) is 13.0 Å². The van der Waals surface area contributed by atoms with Crippen molar-refractivity contribution < 1.29 is 4.74 Å². The van der Waals surface area contributed by atoms with Crippen molar-refractivity contribution in [1.29, 1.82) is 0 Å². The van der Waals surface area contributed by atoms with Crippen LogP contribution in [0, 0.1) is 0 Å². The predicted molar refractivity (Wildman–Crippen MR) is 111 cm³/mol. The van der Waals surface area contributed by atoms with Gasteiger partial charge in [-0.25, -0.2) is 4.68 Å². The molecule has 1 aromatic heterocycles. The van der Waals surface area contributed by atoms with Crippen LogP contribution in [0.25, 0.3) is 5.69 Å². The molecule has 0 saturated carbocycles. The number of rotatable bonds is 10. The Morgan fingerprint density at radius 3 is 2.74 bits per heavy atom. The van der Waals surface area contributed by atoms with Crippen LogP contribution in [0.2, 0.25) is 5.02 Å². The van der Waals surface area contributed by atoms with Gasteiger partial charge in [-0.05, 0) is 37.7 Å². The summed E-state index contributed by atoms with van der Waals surface area (Å²) in [5.41, 5.74) is 2.05. The molecule has 1 heterocycles. The molecule has 0 atom stereocenters. The largest absolute Gasteiger partial charge is 0.385 e. The first-order valence-corrected chi connectivity index (χ1v) is 9.41. The van der Waals surface area contributed by atoms with Gasteiger partial charge in [-0.3, -0.25) is 4.99 Å². The van der Waals surface area contributed by atoms with Gasteiger partial charge in [0.2, 0.25) is 0 Å². The molecule has 0 unspecified atom stereocenters. The van der Waals surface area contributed by atoms with E-state index in [4.69, 9.17) is 16.3 Å². The number of methoxy groups -OCH3 is 1. The van der Waals surface area contributed by atoms with Gasteiger partial charge in [0, 0.05) is 63.7 Å². The van der Waals surface area contributed by atoms with Gasteiger partial charge in [-0.15, -0.1) is 0 Å². The molecule has 0 radical (unpaired) electrons. The quantitative estimate of drug-likeness (QED) is 0.368. The molecular formula is C19H29ClN6O. The summed E-state index contributed by atoms with van der Waals surface area (Å²) in [5.74, 6) is 0.777. The van der Waals surface area contributed by atoms with Gasteiger partial charge in [0.05, 0.1) is 11.9 Å². The van der Waals surface area contributed by atoms with E-state index in [1.807, 2.05) is 41.3 Å². The molecule has 8 heteroatoms. The summed E-state index contributed by atoms with van der Waals surface area (Å²) >= 11 is 5.93. The zero-order valence-corrected chi connectivity index (χ0v) is 17.0. The molecule has 0 saturated heterocycles. The minimum Gasteiger partial charge on any atom is -0.385 e. The van der Waals surface area contributed by atoms with Crippen molar-refractivity contribution >= 4 is 17.6 Å². The maximum absolute atomic E-state index is 5.93. The van der Waals surface area contributed by atoms with E-state index in [0.717, 1.165) is 49.9 Å². The molecular weight excluding hydrogens is 364 g/mol. The van der Waals surface area contributed by atoms with Crippen LogP contribution in [0.15, 0.2) is 41.7 Å². The van der Waals surface area contributed by atoms with E-state index in [1.165, 1.54) is 0 Å². The zero-order chi connectivity index (χ0) is 19.5. The number of nitrogens with one attached hydrogen (secondary N) is 2. The first kappa shape index (κ1) is 21.2. The second-order valence-electron chi connectivity index (χ2n) is 6.27. The zero-order valence-electron chi connectivity index (χ0n) is 16.3. The van der Waals surface area contributed by atoms with E-state index < -0.39 is 0 Å². The Kier molecular flexibility index (Phi) is 9.10. The van der Waals surface area contributed by atoms with Crippen molar-refractivity contribution in [3.63, 3.8) is 0 Å². The highest BCUT2D eigenvalue weighted by molar-refractivity contribution is 6.30. The first-order valence-electron chi connectivity index (χ1n) is 9.04. The minimum absolute atomic E-state index is 0.650. The fourth-order valence-electron chi connectivity index (χ4n) is 2.55. The highest BCUT2D eigenvalue weighted by Gasteiger charge is 2.04. The molecule has 27 heavy (non-hydrogen) atoms. The highest BCUT2D eigenvalue weighted by atomic mass is 35.5. The van der Waals surface area contributed by atoms with Crippen LogP contribution in [-0.2, 0) is 11.3 Å². The van der Waals surface area contributed by atoms with Crippen molar-refractivity contribution in [2.24, 2.45) is 4.99 Å². The molecule has 0 spiro atoms. The molecule has 2 rings (SSSR count). The Labute approximate surface area is 166 Å². The summed E-state index contributed by atoms with van der Waals surface area (Å²) in [4.78, 5) is 6.54. The van der Waals surface area contributed by atoms with E-state index >= 15 is 0 Å². The van der Waals surface area contributed by atoms with Crippen LogP contribution in [0.4, 0.5) is 0 Å². The lowest BCUT2D eigenvalue weighted by molar-refractivity contribution is 0.180. The van der Waals surface area contributed by atoms with Gasteiger partial charge >= 0.3 is 0 Å². The SMILES string of the molecule is CN=C(NCCN(C)CCCOC)NCc1cnn(-c2ccc(Cl)cc2)c1. The average molecular weight is 393 g/mol. The molecule has 0 aliphatic heterocycles. The molecule has 0 fully saturated rings. The summed E-state index contributed by atoms with van der Waals surface area (Å²) in [5, 5.41) is 11.8. The van der Waals surface area contributed by atoms with Gasteiger partial charge in [0.1, 0.15) is 0 Å². The molecule has 2 aromatic rings. The number of halogens is 1. The number of ether oxygens (including phenoxy) is 1. The topological polar surface area (TPSA) is 66.7 Å². The molecule has 148 valence electrons. The van der Waals surface area contributed by atoms with Gasteiger partial charge < -0.3 is 20.3 Å². The van der Waals surface area contributed by atoms with Gasteiger partial charge in [0.25, 0.3) is 0 Å². The third-order valence-electron chi connectivity index (χ3n) is 4.09. The second-order valence-corrected chi connectivity index (χ2v) is 6.71. The average Bonchev–Trinajstić information content (AvgIpc) is 3.14. The second kappa shape index (κ2) is 11.6. The van der Waals surface area contributed by atoms with Crippen LogP contribution in [-0.4, -0.2) is 68.1 Å². The molecule has 1 aromatic carbocycles. The van der Waals surface area contributed by atoms with E-state index in [9.17, 15) is 0 Å². The number of hydrogen-bond acceptors (Lipinski definition) is 4. The number of likely N-dealkylation sites (N-methyl/N-ethyl adjacent to an activating group) is 1. The Balaban J connectivity index is 1.73. The Morgan fingerprint density at radius 1 is 1.26 bits per heavy atom. The Bertz CT molecular complexity index is 700. The predicted octanol–water partition coefficient (Wildman–Crippen LogP) is 2.16. The third-order valence-corrected chi connectivity index (χ3v) is 4.34. The lowest BCUT2D eigenvalue weighted by Crippen LogP contribution is -2.40. The lowest BCUT2D eigenvalue weighted by Gasteiger charge is -2.18. The first-order chi connectivity index (χ1) is 13.1. The maximum Gasteiger partial charge on any atom is 0.191 e. The van der Waals surface area contributed by atoms with E-state index in [-0.39, 0.29) is 0 Å². The number of aromatic nitrogens is 2. The summed E-state index contributed by atoms with van der Waals surface area (Å²) in [6, 6.07) is 7.59. The summed E-state index contributed by atoms with van der Waals surface area (Å²) in [7, 11) is 5.61. The standard InChI is InChI=1S/C19H29ClN6O/c1-21-19(22-9-11-25(2)10-4-12-27-3)23-13-16-14-24-26(15-16)18-7-5-17(20)6-8-18/h5-8,14-15H,4,9-13H2,1-3H3,(H2,21,22,23). The van der Waals surface area contributed by atoms with E-state index in [2.05, 4.69) is 32.7 Å². The fourth-order valence-corrected chi connectivity index (χ4v) is 2.67. The summed E-state index contributed by atoms with van der Waals surface area (Å²) in [6.45, 7) is 4.24. The van der Waals surface area contributed by atoms with Crippen molar-refractivity contribution in [1.82, 2.24) is 25.3 Å². The third kappa shape index (κ3) is 7.58. The molecule has 0 aliphatic rings. The number of guanidine groups is 1. The van der Waals surface area contributed by atoms with Crippen LogP contribution in [0.3, 0.4) is 0 Å². The highest BCUT2D eigenvalue weighted by Crippen LogP contribution is 2.13. The van der Waals surface area contributed by atoms with Gasteiger partial charge in [-0.1, -0.05) is 11.6 Å². The van der Waals surface area contributed by atoms with Gasteiger partial charge in [0.15, 0.2) is 5.96 Å². The van der Waals surface area contributed by atoms with Crippen LogP contribution >= 0.6 is 11.6 Å². The van der Waals surface area contributed by atoms with Crippen molar-refractivity contribution in [3.8, 4) is 5.69 Å². The van der Waals surface area contributed by atoms with Crippen LogP contribution < -0.4 is 10.6 Å². The molecule has 0 amide bonds. The molecule has 0 aliphatic carbocycles. The summed E-state index contributed by atoms with van der Waals surface area (Å²) in [6.07, 6.45) is 4.88. The fraction of sp³-hybridized carbons (Fsp3) is 0.474. The number of benzene rings is 1. The maximum atomic E-state index is 5.93. The van der Waals surface area contributed by atoms with Crippen molar-refractivity contribution in [2.75, 3.05) is 47.4 Å². The Morgan fingerprint density at radius 2 is 2.04 bits per heavy atom. The van der Waals surface area contributed by atoms with E-state index in [1.54, 1.807) is 14.2 Å². The molecule has 0 bridgehead atoms. The monoisotopic (exact) mass is 392 g/mol. The lowest BCUT2D eigenvalue weighted by atomic mass is 10.3. The Hall–Kier alpha value is -2.09. The summed E-state index contributed by atoms with van der Waals surface area (Å²) < 4.78 is 6.91. The normalized spacial score (nSPS) is 11.8. The van der Waals surface area contributed by atoms with Gasteiger partial charge in [-0.2, -0.15) is 5.10 Å². The van der Waals surface area contributed by atoms with Crippen LogP contribution in [0.5, 0.6) is 0 Å². The van der Waals surface area contributed by atoms with Crippen molar-refractivity contribution in [3.05, 3.63) is 47.2 Å².